The number of hydrogen-bond acceptors (Lipinski definition) is 4. The van der Waals surface area contributed by atoms with Crippen LogP contribution in [0.25, 0.3) is 0 Å². The lowest BCUT2D eigenvalue weighted by Crippen LogP contribution is -3.19. The molecule has 7 nitrogen and oxygen atoms in total. The Hall–Kier alpha value is -2.25. The summed E-state index contributed by atoms with van der Waals surface area (Å²) >= 11 is 0. The molecule has 2 saturated heterocycles. The Balaban J connectivity index is 1.76. The van der Waals surface area contributed by atoms with Gasteiger partial charge in [0.25, 0.3) is 5.91 Å². The standard InChI is InChI=1S/C18H23N3O4/c1-11-9-20(10-12(2)25-11)16-8-17(23)21(18(16)24)15-6-4-14(5-7-15)19-13(3)22/h4-7,11-12,16H,8-10H2,1-3H3,(H,19,22)/p+1/t11-,12-,16-/m1/s1. The third-order valence-electron chi connectivity index (χ3n) is 4.65. The number of anilines is 2. The van der Waals surface area contributed by atoms with Crippen molar-refractivity contribution in [3.8, 4) is 0 Å². The van der Waals surface area contributed by atoms with E-state index in [1.807, 2.05) is 13.8 Å². The summed E-state index contributed by atoms with van der Waals surface area (Å²) in [7, 11) is 0. The maximum atomic E-state index is 12.9. The van der Waals surface area contributed by atoms with Gasteiger partial charge in [-0.3, -0.25) is 14.4 Å². The number of nitrogens with one attached hydrogen (secondary N) is 2. The number of imide groups is 1. The fraction of sp³-hybridized carbons (Fsp3) is 0.500. The Morgan fingerprint density at radius 2 is 1.76 bits per heavy atom. The van der Waals surface area contributed by atoms with E-state index in [0.717, 1.165) is 18.0 Å². The van der Waals surface area contributed by atoms with E-state index in [4.69, 9.17) is 4.74 Å². The van der Waals surface area contributed by atoms with Crippen LogP contribution in [0.1, 0.15) is 27.2 Å². The average molecular weight is 346 g/mol. The number of quaternary nitrogens is 1. The van der Waals surface area contributed by atoms with Crippen molar-refractivity contribution in [1.29, 1.82) is 0 Å². The number of rotatable bonds is 3. The van der Waals surface area contributed by atoms with Gasteiger partial charge in [0.05, 0.1) is 12.1 Å². The van der Waals surface area contributed by atoms with E-state index in [9.17, 15) is 14.4 Å². The van der Waals surface area contributed by atoms with Gasteiger partial charge in [-0.2, -0.15) is 0 Å². The molecule has 0 bridgehead atoms. The molecule has 25 heavy (non-hydrogen) atoms. The van der Waals surface area contributed by atoms with Crippen molar-refractivity contribution >= 4 is 29.1 Å². The molecule has 2 N–H and O–H groups in total. The van der Waals surface area contributed by atoms with Crippen molar-refractivity contribution < 1.29 is 24.0 Å². The van der Waals surface area contributed by atoms with E-state index < -0.39 is 0 Å². The van der Waals surface area contributed by atoms with Gasteiger partial charge in [-0.15, -0.1) is 0 Å². The summed E-state index contributed by atoms with van der Waals surface area (Å²) in [5, 5.41) is 2.67. The first kappa shape index (κ1) is 17.6. The molecule has 2 fully saturated rings. The highest BCUT2D eigenvalue weighted by molar-refractivity contribution is 6.21. The zero-order chi connectivity index (χ0) is 18.1. The number of carbonyl (C=O) groups is 3. The summed E-state index contributed by atoms with van der Waals surface area (Å²) in [6.07, 6.45) is 0.376. The molecule has 7 heteroatoms. The molecule has 3 amide bonds. The quantitative estimate of drug-likeness (QED) is 0.753. The van der Waals surface area contributed by atoms with Crippen molar-refractivity contribution in [3.05, 3.63) is 24.3 Å². The van der Waals surface area contributed by atoms with Gasteiger partial charge in [0.15, 0.2) is 6.04 Å². The molecule has 1 aromatic rings. The number of amides is 3. The van der Waals surface area contributed by atoms with E-state index in [-0.39, 0.29) is 42.4 Å². The van der Waals surface area contributed by atoms with E-state index in [1.54, 1.807) is 24.3 Å². The fourth-order valence-corrected chi connectivity index (χ4v) is 3.72. The smallest absolute Gasteiger partial charge is 0.292 e. The van der Waals surface area contributed by atoms with Crippen molar-refractivity contribution in [2.75, 3.05) is 23.3 Å². The number of hydrogen-bond donors (Lipinski definition) is 2. The highest BCUT2D eigenvalue weighted by Gasteiger charge is 2.47. The number of ether oxygens (including phenoxy) is 1. The second-order valence-corrected chi connectivity index (χ2v) is 6.88. The van der Waals surface area contributed by atoms with Crippen molar-refractivity contribution in [2.45, 2.75) is 45.4 Å². The molecule has 0 saturated carbocycles. The molecule has 3 atom stereocenters. The Morgan fingerprint density at radius 3 is 2.32 bits per heavy atom. The molecule has 2 aliphatic heterocycles. The normalized spacial score (nSPS) is 29.8. The first-order valence-corrected chi connectivity index (χ1v) is 8.59. The minimum Gasteiger partial charge on any atom is -0.364 e. The number of nitrogens with zero attached hydrogens (tertiary/aromatic N) is 1. The zero-order valence-corrected chi connectivity index (χ0v) is 14.7. The van der Waals surface area contributed by atoms with Crippen LogP contribution >= 0.6 is 0 Å². The second-order valence-electron chi connectivity index (χ2n) is 6.88. The average Bonchev–Trinajstić information content (AvgIpc) is 2.82. The predicted octanol–water partition coefficient (Wildman–Crippen LogP) is -0.0310. The van der Waals surface area contributed by atoms with Gasteiger partial charge >= 0.3 is 0 Å². The SMILES string of the molecule is CC(=O)Nc1ccc(N2C(=O)C[C@@H]([NH+]3C[C@@H](C)O[C@H](C)C3)C2=O)cc1. The molecule has 0 aromatic heterocycles. The van der Waals surface area contributed by atoms with Crippen molar-refractivity contribution in [1.82, 2.24) is 0 Å². The Kier molecular flexibility index (Phi) is 4.87. The maximum absolute atomic E-state index is 12.9. The molecule has 134 valence electrons. The Labute approximate surface area is 146 Å². The first-order chi connectivity index (χ1) is 11.8. The molecule has 0 spiro atoms. The fourth-order valence-electron chi connectivity index (χ4n) is 3.72. The van der Waals surface area contributed by atoms with E-state index in [2.05, 4.69) is 5.32 Å². The van der Waals surface area contributed by atoms with Gasteiger partial charge in [-0.1, -0.05) is 0 Å². The number of benzene rings is 1. The summed E-state index contributed by atoms with van der Waals surface area (Å²) in [4.78, 5) is 38.8. The van der Waals surface area contributed by atoms with Crippen molar-refractivity contribution in [2.24, 2.45) is 0 Å². The third-order valence-corrected chi connectivity index (χ3v) is 4.65. The van der Waals surface area contributed by atoms with E-state index in [0.29, 0.717) is 11.4 Å². The van der Waals surface area contributed by atoms with E-state index in [1.165, 1.54) is 11.8 Å². The summed E-state index contributed by atoms with van der Waals surface area (Å²) < 4.78 is 5.73. The number of carbonyl (C=O) groups excluding carboxylic acids is 3. The van der Waals surface area contributed by atoms with E-state index >= 15 is 0 Å². The van der Waals surface area contributed by atoms with Gasteiger partial charge in [-0.25, -0.2) is 4.90 Å². The molecule has 3 rings (SSSR count). The highest BCUT2D eigenvalue weighted by atomic mass is 16.5. The minimum atomic E-state index is -0.351. The lowest BCUT2D eigenvalue weighted by molar-refractivity contribution is -0.929. The molecule has 1 aromatic carbocycles. The van der Waals surface area contributed by atoms with Crippen LogP contribution in [0.2, 0.25) is 0 Å². The van der Waals surface area contributed by atoms with Crippen LogP contribution in [0.15, 0.2) is 24.3 Å². The van der Waals surface area contributed by atoms with Crippen LogP contribution in [0.5, 0.6) is 0 Å². The van der Waals surface area contributed by atoms with Gasteiger partial charge in [0.2, 0.25) is 11.8 Å². The molecule has 0 radical (unpaired) electrons. The van der Waals surface area contributed by atoms with Gasteiger partial charge < -0.3 is 15.0 Å². The lowest BCUT2D eigenvalue weighted by atomic mass is 10.1. The summed E-state index contributed by atoms with van der Waals surface area (Å²) in [5.74, 6) is -0.504. The molecular weight excluding hydrogens is 322 g/mol. The molecular formula is C18H24N3O4+. The molecule has 0 aliphatic carbocycles. The topological polar surface area (TPSA) is 80.2 Å². The van der Waals surface area contributed by atoms with Crippen molar-refractivity contribution in [3.63, 3.8) is 0 Å². The largest absolute Gasteiger partial charge is 0.364 e. The molecule has 0 unspecified atom stereocenters. The van der Waals surface area contributed by atoms with Crippen LogP contribution in [0.3, 0.4) is 0 Å². The highest BCUT2D eigenvalue weighted by Crippen LogP contribution is 2.24. The first-order valence-electron chi connectivity index (χ1n) is 8.59. The van der Waals surface area contributed by atoms with Gasteiger partial charge in [0, 0.05) is 12.6 Å². The third kappa shape index (κ3) is 3.72. The second kappa shape index (κ2) is 6.93. The predicted molar refractivity (Wildman–Crippen MR) is 92.3 cm³/mol. The minimum absolute atomic E-state index is 0.0765. The van der Waals surface area contributed by atoms with Crippen LogP contribution in [-0.4, -0.2) is 49.1 Å². The Bertz CT molecular complexity index is 678. The lowest BCUT2D eigenvalue weighted by Gasteiger charge is -2.34. The van der Waals surface area contributed by atoms with Gasteiger partial charge in [0.1, 0.15) is 25.3 Å². The summed E-state index contributed by atoms with van der Waals surface area (Å²) in [6.45, 7) is 6.87. The van der Waals surface area contributed by atoms with Crippen LogP contribution in [-0.2, 0) is 19.1 Å². The molecule has 2 heterocycles. The van der Waals surface area contributed by atoms with Crippen LogP contribution < -0.4 is 15.1 Å². The van der Waals surface area contributed by atoms with Gasteiger partial charge in [-0.05, 0) is 38.1 Å². The summed E-state index contributed by atoms with van der Waals surface area (Å²) in [5.41, 5.74) is 1.17. The molecule has 2 aliphatic rings. The Morgan fingerprint density at radius 1 is 1.16 bits per heavy atom. The summed E-state index contributed by atoms with van der Waals surface area (Å²) in [6, 6.07) is 6.40. The maximum Gasteiger partial charge on any atom is 0.292 e. The number of morpholine rings is 1. The zero-order valence-electron chi connectivity index (χ0n) is 14.7. The van der Waals surface area contributed by atoms with Crippen LogP contribution in [0, 0.1) is 0 Å². The monoisotopic (exact) mass is 346 g/mol. The van der Waals surface area contributed by atoms with Crippen LogP contribution in [0.4, 0.5) is 11.4 Å².